The number of aromatic nitrogens is 2. The van der Waals surface area contributed by atoms with Gasteiger partial charge in [0.15, 0.2) is 5.17 Å². The maximum Gasteiger partial charge on any atom is 0.260 e. The average molecular weight is 407 g/mol. The highest BCUT2D eigenvalue weighted by Gasteiger charge is 2.13. The molecule has 0 radical (unpaired) electrons. The highest BCUT2D eigenvalue weighted by Crippen LogP contribution is 2.30. The molecular weight excluding hydrogens is 388 g/mol. The van der Waals surface area contributed by atoms with E-state index in [1.807, 2.05) is 66.0 Å². The van der Waals surface area contributed by atoms with Gasteiger partial charge in [-0.2, -0.15) is 0 Å². The van der Waals surface area contributed by atoms with Crippen molar-refractivity contribution in [2.45, 2.75) is 12.3 Å². The molecule has 0 aliphatic carbocycles. The van der Waals surface area contributed by atoms with Crippen LogP contribution >= 0.6 is 23.1 Å². The van der Waals surface area contributed by atoms with Crippen molar-refractivity contribution in [1.29, 1.82) is 0 Å². The summed E-state index contributed by atoms with van der Waals surface area (Å²) in [5.74, 6) is 1.07. The van der Waals surface area contributed by atoms with Gasteiger partial charge in [-0.25, -0.2) is 4.98 Å². The number of nitrogens with two attached hydrogens (primary N) is 1. The third-order valence-electron chi connectivity index (χ3n) is 4.19. The molecule has 0 saturated carbocycles. The molecule has 0 fully saturated rings. The lowest BCUT2D eigenvalue weighted by Crippen LogP contribution is -2.13. The summed E-state index contributed by atoms with van der Waals surface area (Å²) < 4.78 is 0. The highest BCUT2D eigenvalue weighted by molar-refractivity contribution is 8.13. The first kappa shape index (κ1) is 18.5. The number of rotatable bonds is 5. The SMILES string of the molecule is NC(=NCc1ccccc1)SCc1nc2scc(-c3ccccc3)c2c(=O)[nH]1. The summed E-state index contributed by atoms with van der Waals surface area (Å²) in [4.78, 5) is 25.3. The van der Waals surface area contributed by atoms with Crippen molar-refractivity contribution in [3.8, 4) is 11.1 Å². The van der Waals surface area contributed by atoms with Crippen LogP contribution in [0.3, 0.4) is 0 Å². The van der Waals surface area contributed by atoms with Gasteiger partial charge in [0.2, 0.25) is 0 Å². The molecule has 140 valence electrons. The Bertz CT molecular complexity index is 1170. The van der Waals surface area contributed by atoms with E-state index in [2.05, 4.69) is 15.0 Å². The van der Waals surface area contributed by atoms with Crippen molar-refractivity contribution in [2.24, 2.45) is 10.7 Å². The van der Waals surface area contributed by atoms with Gasteiger partial charge in [0, 0.05) is 10.9 Å². The fraction of sp³-hybridized carbons (Fsp3) is 0.0952. The standard InChI is InChI=1S/C21H18N4OS2/c22-21(23-11-14-7-3-1-4-8-14)28-13-17-24-19(26)18-16(12-27-20(18)25-17)15-9-5-2-6-10-15/h1-10,12H,11,13H2,(H2,22,23)(H,24,25,26). The van der Waals surface area contributed by atoms with E-state index in [0.717, 1.165) is 21.5 Å². The predicted molar refractivity (Wildman–Crippen MR) is 119 cm³/mol. The Morgan fingerprint density at radius 2 is 1.82 bits per heavy atom. The average Bonchev–Trinajstić information content (AvgIpc) is 3.17. The first-order valence-corrected chi connectivity index (χ1v) is 10.6. The van der Waals surface area contributed by atoms with Crippen LogP contribution in [0.2, 0.25) is 0 Å². The van der Waals surface area contributed by atoms with Gasteiger partial charge in [-0.3, -0.25) is 9.79 Å². The van der Waals surface area contributed by atoms with E-state index < -0.39 is 0 Å². The zero-order valence-corrected chi connectivity index (χ0v) is 16.6. The summed E-state index contributed by atoms with van der Waals surface area (Å²) in [6, 6.07) is 19.8. The highest BCUT2D eigenvalue weighted by atomic mass is 32.2. The molecule has 2 heterocycles. The maximum atomic E-state index is 12.7. The van der Waals surface area contributed by atoms with E-state index in [4.69, 9.17) is 5.73 Å². The molecular formula is C21H18N4OS2. The molecule has 0 aliphatic heterocycles. The second kappa shape index (κ2) is 8.41. The minimum Gasteiger partial charge on any atom is -0.379 e. The van der Waals surface area contributed by atoms with Crippen LogP contribution in [0.5, 0.6) is 0 Å². The molecule has 7 heteroatoms. The number of aromatic amines is 1. The number of fused-ring (bicyclic) bond motifs is 1. The van der Waals surface area contributed by atoms with E-state index in [9.17, 15) is 4.79 Å². The van der Waals surface area contributed by atoms with Crippen LogP contribution in [0, 0.1) is 0 Å². The Labute approximate surface area is 170 Å². The lowest BCUT2D eigenvalue weighted by molar-refractivity contribution is 1.05. The minimum atomic E-state index is -0.125. The molecule has 0 unspecified atom stereocenters. The number of hydrogen-bond acceptors (Lipinski definition) is 5. The monoisotopic (exact) mass is 406 g/mol. The van der Waals surface area contributed by atoms with Crippen molar-refractivity contribution in [3.05, 3.63) is 87.8 Å². The van der Waals surface area contributed by atoms with Crippen LogP contribution < -0.4 is 11.3 Å². The summed E-state index contributed by atoms with van der Waals surface area (Å²) >= 11 is 2.85. The van der Waals surface area contributed by atoms with Crippen LogP contribution in [0.4, 0.5) is 0 Å². The molecule has 4 aromatic rings. The molecule has 28 heavy (non-hydrogen) atoms. The Kier molecular flexibility index (Phi) is 5.55. The largest absolute Gasteiger partial charge is 0.379 e. The zero-order valence-electron chi connectivity index (χ0n) is 15.0. The molecule has 0 spiro atoms. The number of nitrogens with one attached hydrogen (secondary N) is 1. The maximum absolute atomic E-state index is 12.7. The van der Waals surface area contributed by atoms with E-state index >= 15 is 0 Å². The van der Waals surface area contributed by atoms with Gasteiger partial charge < -0.3 is 10.7 Å². The number of aliphatic imine (C=N–C) groups is 1. The van der Waals surface area contributed by atoms with Gasteiger partial charge in [0.05, 0.1) is 17.7 Å². The molecule has 0 saturated heterocycles. The predicted octanol–water partition coefficient (Wildman–Crippen LogP) is 4.40. The van der Waals surface area contributed by atoms with Crippen LogP contribution in [0.15, 0.2) is 75.8 Å². The fourth-order valence-electron chi connectivity index (χ4n) is 2.83. The zero-order chi connectivity index (χ0) is 19.3. The van der Waals surface area contributed by atoms with Crippen LogP contribution in [-0.4, -0.2) is 15.1 Å². The molecule has 0 atom stereocenters. The molecule has 2 aromatic heterocycles. The number of benzene rings is 2. The Balaban J connectivity index is 1.50. The topological polar surface area (TPSA) is 84.1 Å². The molecule has 5 nitrogen and oxygen atoms in total. The quantitative estimate of drug-likeness (QED) is 0.380. The number of nitrogens with zero attached hydrogens (tertiary/aromatic N) is 2. The Morgan fingerprint density at radius 1 is 1.11 bits per heavy atom. The third kappa shape index (κ3) is 4.16. The molecule has 0 amide bonds. The van der Waals surface area contributed by atoms with Gasteiger partial charge in [-0.1, -0.05) is 72.4 Å². The molecule has 0 bridgehead atoms. The van der Waals surface area contributed by atoms with Crippen LogP contribution in [-0.2, 0) is 12.3 Å². The van der Waals surface area contributed by atoms with Gasteiger partial charge in [0.1, 0.15) is 10.7 Å². The summed E-state index contributed by atoms with van der Waals surface area (Å²) in [6.07, 6.45) is 0. The Morgan fingerprint density at radius 3 is 2.57 bits per heavy atom. The second-order valence-electron chi connectivity index (χ2n) is 6.14. The van der Waals surface area contributed by atoms with E-state index in [1.165, 1.54) is 23.1 Å². The van der Waals surface area contributed by atoms with Gasteiger partial charge in [0.25, 0.3) is 5.56 Å². The van der Waals surface area contributed by atoms with Crippen molar-refractivity contribution in [2.75, 3.05) is 0 Å². The number of thioether (sulfide) groups is 1. The third-order valence-corrected chi connectivity index (χ3v) is 5.91. The molecule has 0 aliphatic rings. The number of H-pyrrole nitrogens is 1. The number of amidine groups is 1. The van der Waals surface area contributed by atoms with Crippen molar-refractivity contribution in [3.63, 3.8) is 0 Å². The fourth-order valence-corrected chi connectivity index (χ4v) is 4.38. The summed E-state index contributed by atoms with van der Waals surface area (Å²) in [5, 5.41) is 3.09. The molecule has 4 rings (SSSR count). The molecule has 2 aromatic carbocycles. The lowest BCUT2D eigenvalue weighted by Gasteiger charge is -2.03. The van der Waals surface area contributed by atoms with Crippen LogP contribution in [0.1, 0.15) is 11.4 Å². The number of hydrogen-bond donors (Lipinski definition) is 2. The minimum absolute atomic E-state index is 0.125. The smallest absolute Gasteiger partial charge is 0.260 e. The summed E-state index contributed by atoms with van der Waals surface area (Å²) in [6.45, 7) is 0.536. The van der Waals surface area contributed by atoms with Crippen molar-refractivity contribution in [1.82, 2.24) is 9.97 Å². The first-order chi connectivity index (χ1) is 13.7. The molecule has 3 N–H and O–H groups in total. The van der Waals surface area contributed by atoms with E-state index in [0.29, 0.717) is 28.7 Å². The van der Waals surface area contributed by atoms with Gasteiger partial charge >= 0.3 is 0 Å². The lowest BCUT2D eigenvalue weighted by atomic mass is 10.1. The van der Waals surface area contributed by atoms with E-state index in [1.54, 1.807) is 0 Å². The first-order valence-electron chi connectivity index (χ1n) is 8.73. The van der Waals surface area contributed by atoms with Crippen molar-refractivity contribution < 1.29 is 0 Å². The summed E-state index contributed by atoms with van der Waals surface area (Å²) in [5.41, 5.74) is 8.90. The summed E-state index contributed by atoms with van der Waals surface area (Å²) in [7, 11) is 0. The van der Waals surface area contributed by atoms with Crippen molar-refractivity contribution >= 4 is 38.5 Å². The van der Waals surface area contributed by atoms with Gasteiger partial charge in [-0.05, 0) is 11.1 Å². The Hall–Kier alpha value is -2.90. The number of thiophene rings is 1. The van der Waals surface area contributed by atoms with E-state index in [-0.39, 0.29) is 5.56 Å². The second-order valence-corrected chi connectivity index (χ2v) is 7.99. The van der Waals surface area contributed by atoms with Gasteiger partial charge in [-0.15, -0.1) is 11.3 Å². The van der Waals surface area contributed by atoms with Crippen LogP contribution in [0.25, 0.3) is 21.3 Å². The normalized spacial score (nSPS) is 11.8.